The van der Waals surface area contributed by atoms with E-state index in [1.165, 1.54) is 29.2 Å². The normalized spacial score (nSPS) is 14.3. The van der Waals surface area contributed by atoms with Crippen molar-refractivity contribution < 1.29 is 39.6 Å². The Morgan fingerprint density at radius 2 is 1.62 bits per heavy atom. The minimum Gasteiger partial charge on any atom is -0.366 e. The Balaban J connectivity index is 1.79. The predicted octanol–water partition coefficient (Wildman–Crippen LogP) is 6.65. The number of anilines is 2. The number of alkyl halides is 6. The summed E-state index contributed by atoms with van der Waals surface area (Å²) >= 11 is 6.05. The Hall–Kier alpha value is -3.71. The molecule has 0 saturated carbocycles. The van der Waals surface area contributed by atoms with Gasteiger partial charge in [-0.3, -0.25) is 9.10 Å². The highest BCUT2D eigenvalue weighted by Crippen LogP contribution is 2.40. The van der Waals surface area contributed by atoms with Crippen LogP contribution in [0, 0.1) is 0 Å². The summed E-state index contributed by atoms with van der Waals surface area (Å²) in [5, 5.41) is -0.141. The van der Waals surface area contributed by atoms with Crippen LogP contribution >= 0.6 is 11.6 Å². The molecule has 1 aliphatic heterocycles. The van der Waals surface area contributed by atoms with Crippen molar-refractivity contribution in [2.75, 3.05) is 42.4 Å². The lowest BCUT2D eigenvalue weighted by Gasteiger charge is -2.38. The van der Waals surface area contributed by atoms with Gasteiger partial charge in [-0.2, -0.15) is 26.3 Å². The van der Waals surface area contributed by atoms with Crippen LogP contribution in [0.1, 0.15) is 22.3 Å². The molecule has 3 aromatic carbocycles. The molecule has 0 aliphatic carbocycles. The molecule has 224 valence electrons. The first-order valence-electron chi connectivity index (χ1n) is 12.4. The second-order valence-electron chi connectivity index (χ2n) is 9.46. The highest BCUT2D eigenvalue weighted by molar-refractivity contribution is 7.92. The fourth-order valence-corrected chi connectivity index (χ4v) is 6.22. The third-order valence-electron chi connectivity index (χ3n) is 6.63. The topological polar surface area (TPSA) is 60.9 Å². The quantitative estimate of drug-likeness (QED) is 0.159. The van der Waals surface area contributed by atoms with Gasteiger partial charge in [-0.25, -0.2) is 8.42 Å². The van der Waals surface area contributed by atoms with Crippen LogP contribution in [0.3, 0.4) is 0 Å². The van der Waals surface area contributed by atoms with Crippen molar-refractivity contribution in [3.05, 3.63) is 87.9 Å². The van der Waals surface area contributed by atoms with Gasteiger partial charge in [0.05, 0.1) is 33.9 Å². The summed E-state index contributed by atoms with van der Waals surface area (Å²) in [4.78, 5) is 13.7. The lowest BCUT2D eigenvalue weighted by Crippen LogP contribution is -2.46. The number of benzene rings is 3. The molecule has 0 spiro atoms. The van der Waals surface area contributed by atoms with Crippen molar-refractivity contribution in [3.63, 3.8) is 0 Å². The van der Waals surface area contributed by atoms with Crippen molar-refractivity contribution in [2.24, 2.45) is 0 Å². The molecule has 1 amide bonds. The van der Waals surface area contributed by atoms with Crippen LogP contribution in [0.2, 0.25) is 5.02 Å². The van der Waals surface area contributed by atoms with Crippen molar-refractivity contribution in [1.82, 2.24) is 4.90 Å². The first-order chi connectivity index (χ1) is 19.6. The number of nitrogens with zero attached hydrogens (tertiary/aromatic N) is 3. The number of rotatable bonds is 8. The standard InChI is InChI=1S/C28H24ClF6N3O3S/c1-36(18-39)12-13-37-14-15-38(42(40,41)21-5-2-4-20(17-21)27(30,31)32)26-16-19(9-11-25(26)37)8-10-22-23(28(33,34)35)6-3-7-24(22)29/h2-11,16-18H,12-15H2,1H3/b10-8+. The van der Waals surface area contributed by atoms with E-state index in [-0.39, 0.29) is 29.4 Å². The Labute approximate surface area is 243 Å². The van der Waals surface area contributed by atoms with Crippen LogP contribution < -0.4 is 9.21 Å². The van der Waals surface area contributed by atoms with E-state index < -0.39 is 38.4 Å². The van der Waals surface area contributed by atoms with Crippen molar-refractivity contribution in [1.29, 1.82) is 0 Å². The largest absolute Gasteiger partial charge is 0.417 e. The molecule has 0 unspecified atom stereocenters. The maximum Gasteiger partial charge on any atom is 0.417 e. The maximum atomic E-state index is 13.7. The van der Waals surface area contributed by atoms with Gasteiger partial charge in [0.15, 0.2) is 0 Å². The third-order valence-corrected chi connectivity index (χ3v) is 8.77. The average molecular weight is 632 g/mol. The molecule has 1 aliphatic rings. The van der Waals surface area contributed by atoms with Crippen molar-refractivity contribution >= 4 is 51.6 Å². The minimum atomic E-state index is -4.77. The molecule has 3 aromatic rings. The third kappa shape index (κ3) is 6.67. The van der Waals surface area contributed by atoms with Crippen LogP contribution in [0.25, 0.3) is 12.2 Å². The van der Waals surface area contributed by atoms with E-state index in [2.05, 4.69) is 0 Å². The number of hydrogen-bond acceptors (Lipinski definition) is 4. The van der Waals surface area contributed by atoms with Crippen LogP contribution in [0.5, 0.6) is 0 Å². The second kappa shape index (κ2) is 11.9. The van der Waals surface area contributed by atoms with Crippen LogP contribution in [-0.4, -0.2) is 53.0 Å². The smallest absolute Gasteiger partial charge is 0.366 e. The van der Waals surface area contributed by atoms with Gasteiger partial charge in [-0.1, -0.05) is 42.0 Å². The van der Waals surface area contributed by atoms with Crippen LogP contribution in [0.15, 0.2) is 65.6 Å². The fourth-order valence-electron chi connectivity index (χ4n) is 4.47. The van der Waals surface area contributed by atoms with Crippen molar-refractivity contribution in [3.8, 4) is 0 Å². The number of carbonyl (C=O) groups is 1. The number of carbonyl (C=O) groups excluding carboxylic acids is 1. The lowest BCUT2D eigenvalue weighted by atomic mass is 10.0. The Morgan fingerprint density at radius 1 is 0.905 bits per heavy atom. The molecule has 42 heavy (non-hydrogen) atoms. The van der Waals surface area contributed by atoms with Gasteiger partial charge >= 0.3 is 12.4 Å². The zero-order chi connectivity index (χ0) is 30.9. The molecular formula is C28H24ClF6N3O3S. The maximum absolute atomic E-state index is 13.7. The van der Waals surface area contributed by atoms with Gasteiger partial charge in [0.2, 0.25) is 6.41 Å². The summed E-state index contributed by atoms with van der Waals surface area (Å²) in [6.45, 7) is 0.662. The number of hydrogen-bond donors (Lipinski definition) is 0. The highest BCUT2D eigenvalue weighted by Gasteiger charge is 2.36. The van der Waals surface area contributed by atoms with Gasteiger partial charge in [-0.05, 0) is 48.0 Å². The van der Waals surface area contributed by atoms with Crippen LogP contribution in [0.4, 0.5) is 37.7 Å². The molecule has 4 rings (SSSR count). The Morgan fingerprint density at radius 3 is 2.29 bits per heavy atom. The molecular weight excluding hydrogens is 608 g/mol. The molecule has 0 fully saturated rings. The SMILES string of the molecule is CN(C=O)CCN1CCN(S(=O)(=O)c2cccc(C(F)(F)F)c2)c2cc(/C=C/c3c(Cl)cccc3C(F)(F)F)ccc21. The zero-order valence-electron chi connectivity index (χ0n) is 22.0. The molecule has 0 radical (unpaired) electrons. The van der Waals surface area contributed by atoms with Crippen molar-refractivity contribution in [2.45, 2.75) is 17.2 Å². The van der Waals surface area contributed by atoms with E-state index in [0.717, 1.165) is 34.6 Å². The second-order valence-corrected chi connectivity index (χ2v) is 11.7. The molecule has 0 atom stereocenters. The van der Waals surface area contributed by atoms with E-state index in [9.17, 15) is 39.6 Å². The van der Waals surface area contributed by atoms with Crippen LogP contribution in [-0.2, 0) is 27.2 Å². The molecule has 1 heterocycles. The Kier molecular flexibility index (Phi) is 8.84. The summed E-state index contributed by atoms with van der Waals surface area (Å²) in [5.41, 5.74) is -1.51. The molecule has 14 heteroatoms. The van der Waals surface area contributed by atoms with E-state index >= 15 is 0 Å². The first kappa shape index (κ1) is 31.2. The minimum absolute atomic E-state index is 0.116. The molecule has 0 aromatic heterocycles. The van der Waals surface area contributed by atoms with E-state index in [0.29, 0.717) is 36.8 Å². The number of amides is 1. The highest BCUT2D eigenvalue weighted by atomic mass is 35.5. The summed E-state index contributed by atoms with van der Waals surface area (Å²) in [6, 6.07) is 11.3. The lowest BCUT2D eigenvalue weighted by molar-refractivity contribution is -0.138. The summed E-state index contributed by atoms with van der Waals surface area (Å²) < 4.78 is 109. The first-order valence-corrected chi connectivity index (χ1v) is 14.2. The summed E-state index contributed by atoms with van der Waals surface area (Å²) in [7, 11) is -2.92. The summed E-state index contributed by atoms with van der Waals surface area (Å²) in [5.74, 6) is 0. The molecule has 0 N–H and O–H groups in total. The molecule has 6 nitrogen and oxygen atoms in total. The molecule has 0 saturated heterocycles. The summed E-state index contributed by atoms with van der Waals surface area (Å²) in [6.07, 6.45) is -6.31. The van der Waals surface area contributed by atoms with E-state index in [1.54, 1.807) is 19.2 Å². The van der Waals surface area contributed by atoms with Gasteiger partial charge in [0, 0.05) is 37.3 Å². The van der Waals surface area contributed by atoms with Gasteiger partial charge in [0.25, 0.3) is 10.0 Å². The Bertz CT molecular complexity index is 1610. The van der Waals surface area contributed by atoms with Gasteiger partial charge < -0.3 is 9.80 Å². The van der Waals surface area contributed by atoms with Gasteiger partial charge in [0.1, 0.15) is 0 Å². The van der Waals surface area contributed by atoms with E-state index in [4.69, 9.17) is 11.6 Å². The number of sulfonamides is 1. The average Bonchev–Trinajstić information content (AvgIpc) is 2.93. The van der Waals surface area contributed by atoms with Gasteiger partial charge in [-0.15, -0.1) is 0 Å². The fraction of sp³-hybridized carbons (Fsp3) is 0.250. The van der Waals surface area contributed by atoms with E-state index in [1.807, 2.05) is 4.90 Å². The number of fused-ring (bicyclic) bond motifs is 1. The zero-order valence-corrected chi connectivity index (χ0v) is 23.5. The number of halogens is 7. The molecule has 0 bridgehead atoms. The monoisotopic (exact) mass is 631 g/mol. The predicted molar refractivity (Wildman–Crippen MR) is 149 cm³/mol. The number of likely N-dealkylation sites (N-methyl/N-ethyl adjacent to an activating group) is 1.